The van der Waals surface area contributed by atoms with Gasteiger partial charge in [-0.2, -0.15) is 0 Å². The molecule has 6 heteroatoms. The maximum atomic E-state index is 12.8. The first-order valence-electron chi connectivity index (χ1n) is 30.3. The fraction of sp³-hybridized carbons (Fsp3) is 0.797. The van der Waals surface area contributed by atoms with Crippen LogP contribution in [0.25, 0.3) is 0 Å². The predicted molar refractivity (Wildman–Crippen MR) is 302 cm³/mol. The van der Waals surface area contributed by atoms with Crippen molar-refractivity contribution < 1.29 is 28.6 Å². The topological polar surface area (TPSA) is 78.9 Å². The number of allylic oxidation sites excluding steroid dienone is 10. The van der Waals surface area contributed by atoms with Crippen molar-refractivity contribution in [1.29, 1.82) is 0 Å². The molecule has 6 nitrogen and oxygen atoms in total. The summed E-state index contributed by atoms with van der Waals surface area (Å²) >= 11 is 0. The molecule has 1 atom stereocenters. The van der Waals surface area contributed by atoms with E-state index in [4.69, 9.17) is 14.2 Å². The minimum atomic E-state index is -0.788. The van der Waals surface area contributed by atoms with E-state index >= 15 is 0 Å². The zero-order valence-corrected chi connectivity index (χ0v) is 46.5. The van der Waals surface area contributed by atoms with E-state index in [0.717, 1.165) is 96.3 Å². The van der Waals surface area contributed by atoms with Gasteiger partial charge in [0.2, 0.25) is 0 Å². The van der Waals surface area contributed by atoms with Crippen LogP contribution in [0.15, 0.2) is 60.8 Å². The third-order valence-electron chi connectivity index (χ3n) is 13.3. The van der Waals surface area contributed by atoms with E-state index in [2.05, 4.69) is 81.5 Å². The highest BCUT2D eigenvalue weighted by Crippen LogP contribution is 2.17. The van der Waals surface area contributed by atoms with Gasteiger partial charge in [0.05, 0.1) is 0 Å². The second-order valence-corrected chi connectivity index (χ2v) is 20.2. The Labute approximate surface area is 434 Å². The Morgan fingerprint density at radius 2 is 0.557 bits per heavy atom. The first kappa shape index (κ1) is 67.1. The van der Waals surface area contributed by atoms with Crippen LogP contribution >= 0.6 is 0 Å². The van der Waals surface area contributed by atoms with Gasteiger partial charge in [0.25, 0.3) is 0 Å². The first-order valence-corrected chi connectivity index (χ1v) is 30.3. The molecule has 0 aliphatic carbocycles. The largest absolute Gasteiger partial charge is 0.462 e. The third-order valence-corrected chi connectivity index (χ3v) is 13.3. The van der Waals surface area contributed by atoms with Crippen molar-refractivity contribution in [2.45, 2.75) is 316 Å². The number of ether oxygens (including phenoxy) is 3. The lowest BCUT2D eigenvalue weighted by atomic mass is 10.0. The lowest BCUT2D eigenvalue weighted by Crippen LogP contribution is -2.30. The van der Waals surface area contributed by atoms with E-state index in [1.54, 1.807) is 0 Å². The highest BCUT2D eigenvalue weighted by molar-refractivity contribution is 5.71. The highest BCUT2D eigenvalue weighted by atomic mass is 16.6. The van der Waals surface area contributed by atoms with Crippen LogP contribution in [0.3, 0.4) is 0 Å². The summed E-state index contributed by atoms with van der Waals surface area (Å²) in [6, 6.07) is 0. The molecule has 70 heavy (non-hydrogen) atoms. The number of esters is 3. The molecule has 0 heterocycles. The van der Waals surface area contributed by atoms with Gasteiger partial charge in [0.1, 0.15) is 13.2 Å². The van der Waals surface area contributed by atoms with Crippen molar-refractivity contribution in [3.63, 3.8) is 0 Å². The van der Waals surface area contributed by atoms with Crippen molar-refractivity contribution in [2.24, 2.45) is 0 Å². The molecule has 0 aromatic heterocycles. The van der Waals surface area contributed by atoms with Crippen LogP contribution in [0.2, 0.25) is 0 Å². The monoisotopic (exact) mass is 979 g/mol. The van der Waals surface area contributed by atoms with Crippen LogP contribution in [0.5, 0.6) is 0 Å². The van der Waals surface area contributed by atoms with Crippen molar-refractivity contribution in [2.75, 3.05) is 13.2 Å². The summed E-state index contributed by atoms with van der Waals surface area (Å²) in [4.78, 5) is 38.0. The maximum Gasteiger partial charge on any atom is 0.306 e. The van der Waals surface area contributed by atoms with Crippen LogP contribution < -0.4 is 0 Å². The molecule has 0 fully saturated rings. The smallest absolute Gasteiger partial charge is 0.306 e. The Kier molecular flexibility index (Phi) is 56.3. The molecule has 0 aliphatic heterocycles. The molecule has 1 unspecified atom stereocenters. The van der Waals surface area contributed by atoms with E-state index in [1.807, 2.05) is 0 Å². The maximum absolute atomic E-state index is 12.8. The molecule has 0 aliphatic rings. The van der Waals surface area contributed by atoms with Crippen molar-refractivity contribution >= 4 is 17.9 Å². The lowest BCUT2D eigenvalue weighted by molar-refractivity contribution is -0.167. The SMILES string of the molecule is CC/C=C\C/C=C\C/C=C\C/C=C\C/C=C\CCCCCC(=O)OC(COC(=O)CCCCCCCCCC)COC(=O)CCCCCCCCCCCCCCCCCCCCCCCCCCC. The zero-order valence-electron chi connectivity index (χ0n) is 46.5. The number of rotatable bonds is 55. The summed E-state index contributed by atoms with van der Waals surface area (Å²) in [5.74, 6) is -0.908. The number of hydrogen-bond donors (Lipinski definition) is 0. The van der Waals surface area contributed by atoms with Gasteiger partial charge in [0, 0.05) is 19.3 Å². The Balaban J connectivity index is 4.19. The van der Waals surface area contributed by atoms with Gasteiger partial charge >= 0.3 is 17.9 Å². The fourth-order valence-electron chi connectivity index (χ4n) is 8.77. The molecule has 0 N–H and O–H groups in total. The molecule has 0 rings (SSSR count). The molecular weight excluding hydrogens is 865 g/mol. The van der Waals surface area contributed by atoms with E-state index in [9.17, 15) is 14.4 Å². The average molecular weight is 980 g/mol. The van der Waals surface area contributed by atoms with E-state index in [-0.39, 0.29) is 31.1 Å². The van der Waals surface area contributed by atoms with Crippen LogP contribution in [-0.4, -0.2) is 37.2 Å². The summed E-state index contributed by atoms with van der Waals surface area (Å²) in [6.45, 7) is 6.51. The van der Waals surface area contributed by atoms with Gasteiger partial charge in [-0.15, -0.1) is 0 Å². The van der Waals surface area contributed by atoms with E-state index < -0.39 is 6.10 Å². The molecule has 0 aromatic carbocycles. The third kappa shape index (κ3) is 56.0. The fourth-order valence-corrected chi connectivity index (χ4v) is 8.77. The Morgan fingerprint density at radius 3 is 0.871 bits per heavy atom. The second-order valence-electron chi connectivity index (χ2n) is 20.2. The summed E-state index contributed by atoms with van der Waals surface area (Å²) in [6.07, 6.45) is 73.9. The van der Waals surface area contributed by atoms with Crippen molar-refractivity contribution in [1.82, 2.24) is 0 Å². The van der Waals surface area contributed by atoms with Crippen LogP contribution in [0, 0.1) is 0 Å². The number of carbonyl (C=O) groups is 3. The quantitative estimate of drug-likeness (QED) is 0.0261. The van der Waals surface area contributed by atoms with Gasteiger partial charge in [-0.3, -0.25) is 14.4 Å². The molecule has 0 amide bonds. The lowest BCUT2D eigenvalue weighted by Gasteiger charge is -2.18. The first-order chi connectivity index (χ1) is 34.5. The number of hydrogen-bond acceptors (Lipinski definition) is 6. The van der Waals surface area contributed by atoms with Crippen molar-refractivity contribution in [3.05, 3.63) is 60.8 Å². The van der Waals surface area contributed by atoms with Gasteiger partial charge in [-0.1, -0.05) is 287 Å². The number of carbonyl (C=O) groups excluding carboxylic acids is 3. The molecule has 0 saturated carbocycles. The van der Waals surface area contributed by atoms with E-state index in [0.29, 0.717) is 19.3 Å². The Bertz CT molecular complexity index is 1260. The summed E-state index contributed by atoms with van der Waals surface area (Å²) in [7, 11) is 0. The Morgan fingerprint density at radius 1 is 0.300 bits per heavy atom. The van der Waals surface area contributed by atoms with Crippen molar-refractivity contribution in [3.8, 4) is 0 Å². The van der Waals surface area contributed by atoms with Gasteiger partial charge in [0.15, 0.2) is 6.10 Å². The average Bonchev–Trinajstić information content (AvgIpc) is 3.36. The standard InChI is InChI=1S/C64H114O6/c1-4-7-10-13-16-19-21-23-25-27-29-30-31-32-33-34-36-37-39-41-43-45-48-51-54-57-63(66)69-60-61(59-68-62(65)56-53-50-47-18-15-12-9-6-3)70-64(67)58-55-52-49-46-44-42-40-38-35-28-26-24-22-20-17-14-11-8-5-2/h8,11,17,20,24,26,35,38,42,44,61H,4-7,9-10,12-16,18-19,21-23,25,27-34,36-37,39-41,43,45-60H2,1-3H3/b11-8-,20-17-,26-24-,38-35-,44-42-. The number of unbranched alkanes of at least 4 members (excludes halogenated alkanes) is 34. The summed E-state index contributed by atoms with van der Waals surface area (Å²) in [5.41, 5.74) is 0. The molecule has 0 bridgehead atoms. The molecule has 406 valence electrons. The molecule has 0 saturated heterocycles. The molecule has 0 aromatic rings. The summed E-state index contributed by atoms with van der Waals surface area (Å²) in [5, 5.41) is 0. The Hall–Kier alpha value is -2.89. The second kappa shape index (κ2) is 58.7. The normalized spacial score (nSPS) is 12.4. The molecule has 0 radical (unpaired) electrons. The van der Waals surface area contributed by atoms with Gasteiger partial charge in [-0.05, 0) is 64.2 Å². The zero-order chi connectivity index (χ0) is 50.7. The highest BCUT2D eigenvalue weighted by Gasteiger charge is 2.19. The van der Waals surface area contributed by atoms with Crippen LogP contribution in [0.4, 0.5) is 0 Å². The van der Waals surface area contributed by atoms with Gasteiger partial charge < -0.3 is 14.2 Å². The van der Waals surface area contributed by atoms with Crippen LogP contribution in [-0.2, 0) is 28.6 Å². The summed E-state index contributed by atoms with van der Waals surface area (Å²) < 4.78 is 16.8. The van der Waals surface area contributed by atoms with Gasteiger partial charge in [-0.25, -0.2) is 0 Å². The van der Waals surface area contributed by atoms with E-state index in [1.165, 1.54) is 173 Å². The molecular formula is C64H114O6. The minimum Gasteiger partial charge on any atom is -0.462 e. The van der Waals surface area contributed by atoms with Crippen LogP contribution in [0.1, 0.15) is 310 Å². The predicted octanol–water partition coefficient (Wildman–Crippen LogP) is 20.4. The molecule has 0 spiro atoms. The minimum absolute atomic E-state index is 0.0842.